The molecule has 1 aromatic rings. The van der Waals surface area contributed by atoms with Crippen molar-refractivity contribution < 1.29 is 23.5 Å². The minimum Gasteiger partial charge on any atom is -0.463 e. The van der Waals surface area contributed by atoms with Crippen LogP contribution in [0.5, 0.6) is 0 Å². The molecule has 0 bridgehead atoms. The van der Waals surface area contributed by atoms with Gasteiger partial charge in [0.15, 0.2) is 0 Å². The summed E-state index contributed by atoms with van der Waals surface area (Å²) in [4.78, 5) is 43.5. The first-order valence-electron chi connectivity index (χ1n) is 11.7. The predicted octanol–water partition coefficient (Wildman–Crippen LogP) is 2.46. The molecular formula is C24H34FN5O4. The number of hydrogen-bond donors (Lipinski definition) is 2. The highest BCUT2D eigenvalue weighted by Crippen LogP contribution is 2.32. The van der Waals surface area contributed by atoms with Crippen molar-refractivity contribution in [3.63, 3.8) is 0 Å². The fourth-order valence-electron chi connectivity index (χ4n) is 4.22. The first-order chi connectivity index (χ1) is 16.2. The van der Waals surface area contributed by atoms with Gasteiger partial charge in [0.05, 0.1) is 18.2 Å². The predicted molar refractivity (Wildman–Crippen MR) is 125 cm³/mol. The molecular weight excluding hydrogens is 441 g/mol. The van der Waals surface area contributed by atoms with Crippen LogP contribution in [0.25, 0.3) is 0 Å². The van der Waals surface area contributed by atoms with Crippen molar-refractivity contribution in [3.8, 4) is 0 Å². The van der Waals surface area contributed by atoms with Crippen LogP contribution >= 0.6 is 0 Å². The average molecular weight is 476 g/mol. The van der Waals surface area contributed by atoms with Crippen molar-refractivity contribution >= 4 is 18.0 Å². The summed E-state index contributed by atoms with van der Waals surface area (Å²) in [5, 5.41) is 5.66. The Kier molecular flexibility index (Phi) is 8.49. The number of nitrogens with zero attached hydrogens (tertiary/aromatic N) is 3. The van der Waals surface area contributed by atoms with E-state index in [1.807, 2.05) is 13.8 Å². The third kappa shape index (κ3) is 5.85. The number of amides is 4. The number of halogens is 1. The fourth-order valence-corrected chi connectivity index (χ4v) is 4.22. The molecule has 0 spiro atoms. The molecule has 0 aromatic heterocycles. The zero-order valence-corrected chi connectivity index (χ0v) is 20.3. The molecule has 2 aliphatic heterocycles. The number of urea groups is 2. The van der Waals surface area contributed by atoms with E-state index in [0.29, 0.717) is 38.4 Å². The van der Waals surface area contributed by atoms with E-state index < -0.39 is 23.9 Å². The van der Waals surface area contributed by atoms with E-state index in [9.17, 15) is 18.8 Å². The monoisotopic (exact) mass is 475 g/mol. The fraction of sp³-hybridized carbons (Fsp3) is 0.542. The average Bonchev–Trinajstić information content (AvgIpc) is 3.02. The van der Waals surface area contributed by atoms with Crippen LogP contribution in [0.3, 0.4) is 0 Å². The number of carbonyl (C=O) groups excluding carboxylic acids is 3. The largest absolute Gasteiger partial charge is 0.463 e. The second-order valence-electron chi connectivity index (χ2n) is 8.76. The molecule has 2 N–H and O–H groups in total. The smallest absolute Gasteiger partial charge is 0.338 e. The second kappa shape index (κ2) is 11.3. The van der Waals surface area contributed by atoms with E-state index >= 15 is 0 Å². The quantitative estimate of drug-likeness (QED) is 0.617. The van der Waals surface area contributed by atoms with Gasteiger partial charge in [0.1, 0.15) is 5.82 Å². The molecule has 1 saturated heterocycles. The van der Waals surface area contributed by atoms with Crippen LogP contribution in [-0.4, -0.2) is 85.2 Å². The lowest BCUT2D eigenvalue weighted by atomic mass is 9.94. The third-order valence-electron chi connectivity index (χ3n) is 5.95. The first kappa shape index (κ1) is 25.5. The van der Waals surface area contributed by atoms with Gasteiger partial charge in [0.25, 0.3) is 0 Å². The third-order valence-corrected chi connectivity index (χ3v) is 5.95. The number of hydrogen-bond acceptors (Lipinski definition) is 5. The summed E-state index contributed by atoms with van der Waals surface area (Å²) in [7, 11) is 1.58. The molecule has 2 heterocycles. The Morgan fingerprint density at radius 2 is 1.94 bits per heavy atom. The summed E-state index contributed by atoms with van der Waals surface area (Å²) >= 11 is 0. The van der Waals surface area contributed by atoms with Crippen LogP contribution < -0.4 is 10.6 Å². The van der Waals surface area contributed by atoms with Crippen molar-refractivity contribution in [1.29, 1.82) is 0 Å². The highest BCUT2D eigenvalue weighted by atomic mass is 19.1. The molecule has 3 rings (SSSR count). The minimum absolute atomic E-state index is 0.0499. The molecule has 1 aromatic carbocycles. The highest BCUT2D eigenvalue weighted by molar-refractivity contribution is 5.95. The van der Waals surface area contributed by atoms with Crippen LogP contribution in [0.2, 0.25) is 0 Å². The van der Waals surface area contributed by atoms with Crippen molar-refractivity contribution in [1.82, 2.24) is 25.3 Å². The summed E-state index contributed by atoms with van der Waals surface area (Å²) in [5.41, 5.74) is 0.889. The molecule has 0 saturated carbocycles. The molecule has 4 amide bonds. The summed E-state index contributed by atoms with van der Waals surface area (Å²) in [5.74, 6) is -1.11. The standard InChI is InChI=1S/C24H34FN5O4/c1-5-34-22(31)20-19(15-29-11-8-12-30(14-13-29)24(33)26-16(2)3)28(4)23(32)27-21(20)17-9-6-7-10-18(17)25/h6-7,9-10,16,21H,5,8,11-15H2,1-4H3,(H,26,33)(H,27,32). The van der Waals surface area contributed by atoms with E-state index in [1.165, 1.54) is 11.0 Å². The molecule has 1 atom stereocenters. The second-order valence-corrected chi connectivity index (χ2v) is 8.76. The summed E-state index contributed by atoms with van der Waals surface area (Å²) in [6.45, 7) is 8.38. The first-order valence-corrected chi connectivity index (χ1v) is 11.7. The highest BCUT2D eigenvalue weighted by Gasteiger charge is 2.38. The van der Waals surface area contributed by atoms with Crippen molar-refractivity contribution in [2.75, 3.05) is 46.4 Å². The summed E-state index contributed by atoms with van der Waals surface area (Å²) in [6, 6.07) is 4.64. The van der Waals surface area contributed by atoms with Crippen molar-refractivity contribution in [2.45, 2.75) is 39.3 Å². The molecule has 186 valence electrons. The molecule has 34 heavy (non-hydrogen) atoms. The SMILES string of the molecule is CCOC(=O)C1=C(CN2CCCN(C(=O)NC(C)C)CC2)N(C)C(=O)NC1c1ccccc1F. The van der Waals surface area contributed by atoms with Gasteiger partial charge in [0.2, 0.25) is 0 Å². The maximum Gasteiger partial charge on any atom is 0.338 e. The topological polar surface area (TPSA) is 94.2 Å². The van der Waals surface area contributed by atoms with Crippen LogP contribution in [0.4, 0.5) is 14.0 Å². The van der Waals surface area contributed by atoms with Gasteiger partial charge in [-0.2, -0.15) is 0 Å². The van der Waals surface area contributed by atoms with Crippen LogP contribution in [-0.2, 0) is 9.53 Å². The van der Waals surface area contributed by atoms with Gasteiger partial charge in [-0.3, -0.25) is 9.80 Å². The van der Waals surface area contributed by atoms with Crippen LogP contribution in [0.1, 0.15) is 38.8 Å². The van der Waals surface area contributed by atoms with E-state index in [0.717, 1.165) is 6.42 Å². The molecule has 10 heteroatoms. The lowest BCUT2D eigenvalue weighted by molar-refractivity contribution is -0.139. The Balaban J connectivity index is 1.91. The maximum atomic E-state index is 14.7. The van der Waals surface area contributed by atoms with E-state index in [-0.39, 0.29) is 29.8 Å². The molecule has 2 aliphatic rings. The van der Waals surface area contributed by atoms with Gasteiger partial charge in [0, 0.05) is 57.1 Å². The van der Waals surface area contributed by atoms with Gasteiger partial charge >= 0.3 is 18.0 Å². The lowest BCUT2D eigenvalue weighted by Crippen LogP contribution is -2.50. The number of ether oxygens (including phenoxy) is 1. The number of carbonyl (C=O) groups is 3. The Bertz CT molecular complexity index is 951. The Hall–Kier alpha value is -3.14. The number of benzene rings is 1. The molecule has 0 aliphatic carbocycles. The Morgan fingerprint density at radius 3 is 2.62 bits per heavy atom. The Labute approximate surface area is 199 Å². The van der Waals surface area contributed by atoms with E-state index in [4.69, 9.17) is 4.74 Å². The molecule has 1 unspecified atom stereocenters. The van der Waals surface area contributed by atoms with Crippen molar-refractivity contribution in [3.05, 3.63) is 46.9 Å². The number of nitrogens with one attached hydrogen (secondary N) is 2. The zero-order valence-electron chi connectivity index (χ0n) is 20.3. The summed E-state index contributed by atoms with van der Waals surface area (Å²) in [6.07, 6.45) is 0.750. The van der Waals surface area contributed by atoms with Crippen LogP contribution in [0.15, 0.2) is 35.5 Å². The van der Waals surface area contributed by atoms with E-state index in [2.05, 4.69) is 15.5 Å². The Morgan fingerprint density at radius 1 is 1.21 bits per heavy atom. The maximum absolute atomic E-state index is 14.7. The van der Waals surface area contributed by atoms with Gasteiger partial charge in [-0.05, 0) is 33.3 Å². The van der Waals surface area contributed by atoms with Gasteiger partial charge in [-0.25, -0.2) is 18.8 Å². The summed E-state index contributed by atoms with van der Waals surface area (Å²) < 4.78 is 20.0. The number of esters is 1. The van der Waals surface area contributed by atoms with E-state index in [1.54, 1.807) is 37.1 Å². The number of rotatable bonds is 6. The van der Waals surface area contributed by atoms with Crippen LogP contribution in [0, 0.1) is 5.82 Å². The lowest BCUT2D eigenvalue weighted by Gasteiger charge is -2.36. The molecule has 1 fully saturated rings. The van der Waals surface area contributed by atoms with Gasteiger partial charge in [-0.15, -0.1) is 0 Å². The minimum atomic E-state index is -0.959. The number of likely N-dealkylation sites (N-methyl/N-ethyl adjacent to an activating group) is 1. The molecule has 9 nitrogen and oxygen atoms in total. The molecule has 0 radical (unpaired) electrons. The zero-order chi connectivity index (χ0) is 24.8. The normalized spacial score (nSPS) is 19.7. The van der Waals surface area contributed by atoms with Gasteiger partial charge in [-0.1, -0.05) is 18.2 Å². The van der Waals surface area contributed by atoms with Crippen molar-refractivity contribution in [2.24, 2.45) is 0 Å². The van der Waals surface area contributed by atoms with Gasteiger partial charge < -0.3 is 20.3 Å².